The average molecular weight is 434 g/mol. The van der Waals surface area contributed by atoms with Crippen LogP contribution in [0.2, 0.25) is 0 Å². The summed E-state index contributed by atoms with van der Waals surface area (Å²) in [4.78, 5) is 23.2. The van der Waals surface area contributed by atoms with E-state index in [9.17, 15) is 9.18 Å². The zero-order valence-corrected chi connectivity index (χ0v) is 17.7. The summed E-state index contributed by atoms with van der Waals surface area (Å²) < 4.78 is 24.8. The van der Waals surface area contributed by atoms with Crippen LogP contribution in [0.25, 0.3) is 0 Å². The normalized spacial score (nSPS) is 16.6. The monoisotopic (exact) mass is 434 g/mol. The molecule has 32 heavy (non-hydrogen) atoms. The molecule has 0 unspecified atom stereocenters. The number of ether oxygens (including phenoxy) is 2. The first kappa shape index (κ1) is 20.2. The third kappa shape index (κ3) is 3.51. The minimum Gasteiger partial charge on any atom is -0.493 e. The van der Waals surface area contributed by atoms with Gasteiger partial charge in [-0.25, -0.2) is 14.4 Å². The fourth-order valence-corrected chi connectivity index (χ4v) is 4.48. The Bertz CT molecular complexity index is 1130. The Morgan fingerprint density at radius 3 is 2.50 bits per heavy atom. The van der Waals surface area contributed by atoms with Gasteiger partial charge in [0.15, 0.2) is 17.3 Å². The van der Waals surface area contributed by atoms with Crippen LogP contribution in [0.5, 0.6) is 11.5 Å². The van der Waals surface area contributed by atoms with Gasteiger partial charge in [-0.2, -0.15) is 0 Å². The predicted molar refractivity (Wildman–Crippen MR) is 118 cm³/mol. The second-order valence-electron chi connectivity index (χ2n) is 8.05. The number of nitrogens with one attached hydrogen (secondary N) is 1. The number of fused-ring (bicyclic) bond motifs is 2. The van der Waals surface area contributed by atoms with E-state index in [1.165, 1.54) is 0 Å². The van der Waals surface area contributed by atoms with Crippen LogP contribution in [-0.2, 0) is 16.8 Å². The fourth-order valence-electron chi connectivity index (χ4n) is 4.48. The molecule has 1 N–H and O–H groups in total. The number of piperidine rings is 1. The number of rotatable bonds is 5. The van der Waals surface area contributed by atoms with E-state index in [0.717, 1.165) is 29.2 Å². The average Bonchev–Trinajstić information content (AvgIpc) is 3.08. The predicted octanol–water partition coefficient (Wildman–Crippen LogP) is 3.69. The number of anilines is 2. The number of aromatic nitrogens is 2. The maximum atomic E-state index is 13.1. The van der Waals surface area contributed by atoms with Gasteiger partial charge in [0.1, 0.15) is 6.61 Å². The Kier molecular flexibility index (Phi) is 5.13. The first-order valence-electron chi connectivity index (χ1n) is 10.5. The molecule has 1 saturated heterocycles. The van der Waals surface area contributed by atoms with Gasteiger partial charge in [-0.1, -0.05) is 30.3 Å². The number of carbonyl (C=O) groups is 1. The lowest BCUT2D eigenvalue weighted by Crippen LogP contribution is -2.47. The van der Waals surface area contributed by atoms with Crippen LogP contribution >= 0.6 is 0 Å². The molecule has 2 aliphatic heterocycles. The number of nitrogens with zero attached hydrogens (tertiary/aromatic N) is 3. The fraction of sp³-hybridized carbons (Fsp3) is 0.292. The van der Waals surface area contributed by atoms with E-state index in [1.807, 2.05) is 47.4 Å². The molecule has 7 nitrogen and oxygen atoms in total. The third-order valence-electron chi connectivity index (χ3n) is 6.25. The molecule has 8 heteroatoms. The molecule has 1 fully saturated rings. The van der Waals surface area contributed by atoms with Crippen LogP contribution < -0.4 is 19.7 Å². The summed E-state index contributed by atoms with van der Waals surface area (Å²) in [6, 6.07) is 13.6. The zero-order valence-electron chi connectivity index (χ0n) is 17.7. The lowest BCUT2D eigenvalue weighted by molar-refractivity contribution is -0.121. The lowest BCUT2D eigenvalue weighted by atomic mass is 9.73. The Morgan fingerprint density at radius 1 is 1.09 bits per heavy atom. The van der Waals surface area contributed by atoms with Crippen molar-refractivity contribution >= 4 is 17.5 Å². The number of hydrogen-bond donors (Lipinski definition) is 1. The molecular formula is C24H23FN4O3. The van der Waals surface area contributed by atoms with Gasteiger partial charge >= 0.3 is 0 Å². The van der Waals surface area contributed by atoms with Gasteiger partial charge in [-0.3, -0.25) is 4.79 Å². The molecule has 2 aromatic carbocycles. The lowest BCUT2D eigenvalue weighted by Gasteiger charge is -2.38. The Morgan fingerprint density at radius 2 is 1.81 bits per heavy atom. The SMILES string of the molecule is COc1cc2c(cc1OCc1ccccc1)NC(=O)C21CCN(c2ncc(F)cn2)CC1. The molecule has 0 saturated carbocycles. The molecule has 3 heterocycles. The summed E-state index contributed by atoms with van der Waals surface area (Å²) in [6.07, 6.45) is 3.51. The molecule has 164 valence electrons. The highest BCUT2D eigenvalue weighted by Gasteiger charge is 2.49. The molecule has 1 amide bonds. The quantitative estimate of drug-likeness (QED) is 0.660. The van der Waals surface area contributed by atoms with Gasteiger partial charge in [0, 0.05) is 24.8 Å². The van der Waals surface area contributed by atoms with E-state index in [-0.39, 0.29) is 5.91 Å². The van der Waals surface area contributed by atoms with Crippen molar-refractivity contribution in [2.75, 3.05) is 30.4 Å². The topological polar surface area (TPSA) is 76.6 Å². The van der Waals surface area contributed by atoms with Crippen molar-refractivity contribution in [2.45, 2.75) is 24.9 Å². The van der Waals surface area contributed by atoms with Gasteiger partial charge < -0.3 is 19.7 Å². The van der Waals surface area contributed by atoms with E-state index >= 15 is 0 Å². The van der Waals surface area contributed by atoms with Crippen molar-refractivity contribution in [1.29, 1.82) is 0 Å². The van der Waals surface area contributed by atoms with E-state index in [1.54, 1.807) is 7.11 Å². The molecule has 0 aliphatic carbocycles. The van der Waals surface area contributed by atoms with Gasteiger partial charge in [-0.15, -0.1) is 0 Å². The molecule has 5 rings (SSSR count). The summed E-state index contributed by atoms with van der Waals surface area (Å²) in [6.45, 7) is 1.59. The van der Waals surface area contributed by atoms with E-state index < -0.39 is 11.2 Å². The van der Waals surface area contributed by atoms with Crippen molar-refractivity contribution in [1.82, 2.24) is 9.97 Å². The van der Waals surface area contributed by atoms with Crippen molar-refractivity contribution in [2.24, 2.45) is 0 Å². The second kappa shape index (κ2) is 8.11. The van der Waals surface area contributed by atoms with Crippen molar-refractivity contribution in [3.63, 3.8) is 0 Å². The first-order chi connectivity index (χ1) is 15.6. The summed E-state index contributed by atoms with van der Waals surface area (Å²) in [7, 11) is 1.60. The van der Waals surface area contributed by atoms with E-state index in [4.69, 9.17) is 9.47 Å². The van der Waals surface area contributed by atoms with Crippen LogP contribution in [0.1, 0.15) is 24.0 Å². The van der Waals surface area contributed by atoms with E-state index in [2.05, 4.69) is 15.3 Å². The Balaban J connectivity index is 1.38. The first-order valence-corrected chi connectivity index (χ1v) is 10.5. The molecule has 0 bridgehead atoms. The molecule has 2 aliphatic rings. The number of carbonyl (C=O) groups excluding carboxylic acids is 1. The van der Waals surface area contributed by atoms with Gasteiger partial charge in [0.05, 0.1) is 24.9 Å². The van der Waals surface area contributed by atoms with Gasteiger partial charge in [0.2, 0.25) is 11.9 Å². The second-order valence-corrected chi connectivity index (χ2v) is 8.05. The molecule has 0 atom stereocenters. The standard InChI is InChI=1S/C24H23FN4O3/c1-31-20-11-18-19(12-21(20)32-15-16-5-3-2-4-6-16)28-22(30)24(18)7-9-29(10-8-24)23-26-13-17(25)14-27-23/h2-6,11-14H,7-10,15H2,1H3,(H,28,30). The van der Waals surface area contributed by atoms with E-state index in [0.29, 0.717) is 50.0 Å². The highest BCUT2D eigenvalue weighted by Crippen LogP contribution is 2.49. The largest absolute Gasteiger partial charge is 0.493 e. The van der Waals surface area contributed by atoms with Crippen molar-refractivity contribution < 1.29 is 18.7 Å². The minimum absolute atomic E-state index is 0.0190. The number of methoxy groups -OCH3 is 1. The van der Waals surface area contributed by atoms with Gasteiger partial charge in [0.25, 0.3) is 0 Å². The number of halogens is 1. The van der Waals surface area contributed by atoms with Crippen LogP contribution in [0, 0.1) is 5.82 Å². The molecule has 0 radical (unpaired) electrons. The number of amides is 1. The summed E-state index contributed by atoms with van der Waals surface area (Å²) >= 11 is 0. The minimum atomic E-state index is -0.642. The molecule has 1 aromatic heterocycles. The summed E-state index contributed by atoms with van der Waals surface area (Å²) in [5.41, 5.74) is 2.08. The zero-order chi connectivity index (χ0) is 22.1. The van der Waals surface area contributed by atoms with Gasteiger partial charge in [-0.05, 0) is 30.0 Å². The maximum absolute atomic E-state index is 13.1. The molecule has 1 spiro atoms. The summed E-state index contributed by atoms with van der Waals surface area (Å²) in [5, 5.41) is 3.04. The van der Waals surface area contributed by atoms with Crippen LogP contribution in [0.3, 0.4) is 0 Å². The Labute approximate surface area is 185 Å². The highest BCUT2D eigenvalue weighted by atomic mass is 19.1. The van der Waals surface area contributed by atoms with Crippen LogP contribution in [-0.4, -0.2) is 36.1 Å². The maximum Gasteiger partial charge on any atom is 0.235 e. The smallest absolute Gasteiger partial charge is 0.235 e. The Hall–Kier alpha value is -3.68. The molecule has 3 aromatic rings. The van der Waals surface area contributed by atoms with Crippen LogP contribution in [0.4, 0.5) is 16.0 Å². The van der Waals surface area contributed by atoms with Crippen LogP contribution in [0.15, 0.2) is 54.9 Å². The number of hydrogen-bond acceptors (Lipinski definition) is 6. The summed E-state index contributed by atoms with van der Waals surface area (Å²) in [5.74, 6) is 1.17. The molecular weight excluding hydrogens is 411 g/mol. The number of benzene rings is 2. The van der Waals surface area contributed by atoms with Crippen molar-refractivity contribution in [3.05, 3.63) is 71.8 Å². The van der Waals surface area contributed by atoms with Crippen molar-refractivity contribution in [3.8, 4) is 11.5 Å². The highest BCUT2D eigenvalue weighted by molar-refractivity contribution is 6.07. The third-order valence-corrected chi connectivity index (χ3v) is 6.25.